The highest BCUT2D eigenvalue weighted by atomic mass is 35.5. The van der Waals surface area contributed by atoms with Crippen molar-refractivity contribution in [2.75, 3.05) is 5.32 Å². The Hall–Kier alpha value is -1.71. The normalized spacial score (nSPS) is 15.5. The first-order valence-corrected chi connectivity index (χ1v) is 7.33. The number of carbonyl (C=O) groups is 1. The van der Waals surface area contributed by atoms with E-state index < -0.39 is 5.41 Å². The first-order chi connectivity index (χ1) is 10.0. The van der Waals surface area contributed by atoms with Crippen LogP contribution in [0.4, 0.5) is 5.69 Å². The summed E-state index contributed by atoms with van der Waals surface area (Å²) >= 11 is 11.8. The van der Waals surface area contributed by atoms with E-state index in [-0.39, 0.29) is 11.7 Å². The summed E-state index contributed by atoms with van der Waals surface area (Å²) in [4.78, 5) is 12.5. The second-order valence-corrected chi connectivity index (χ2v) is 6.08. The SMILES string of the molecule is O=C(Nc1cc(Cl)ccc1O)C1(c2ccc(Cl)cc2)CC1. The Balaban J connectivity index is 1.85. The third kappa shape index (κ3) is 2.71. The Morgan fingerprint density at radius 3 is 2.29 bits per heavy atom. The van der Waals surface area contributed by atoms with Crippen LogP contribution in [0, 0.1) is 0 Å². The van der Waals surface area contributed by atoms with E-state index in [9.17, 15) is 9.90 Å². The number of aromatic hydroxyl groups is 1. The number of anilines is 1. The molecule has 3 nitrogen and oxygen atoms in total. The summed E-state index contributed by atoms with van der Waals surface area (Å²) in [5, 5.41) is 13.6. The smallest absolute Gasteiger partial charge is 0.235 e. The van der Waals surface area contributed by atoms with Gasteiger partial charge in [-0.15, -0.1) is 0 Å². The van der Waals surface area contributed by atoms with Crippen molar-refractivity contribution in [1.29, 1.82) is 0 Å². The monoisotopic (exact) mass is 321 g/mol. The molecule has 0 heterocycles. The number of benzene rings is 2. The summed E-state index contributed by atoms with van der Waals surface area (Å²) in [7, 11) is 0. The van der Waals surface area contributed by atoms with Crippen molar-refractivity contribution in [1.82, 2.24) is 0 Å². The van der Waals surface area contributed by atoms with Gasteiger partial charge in [0.2, 0.25) is 5.91 Å². The van der Waals surface area contributed by atoms with Gasteiger partial charge in [0.25, 0.3) is 0 Å². The van der Waals surface area contributed by atoms with Gasteiger partial charge in [-0.05, 0) is 48.7 Å². The van der Waals surface area contributed by atoms with Crippen LogP contribution in [0.1, 0.15) is 18.4 Å². The number of phenols is 1. The number of phenolic OH excluding ortho intramolecular Hbond substituents is 1. The molecule has 108 valence electrons. The lowest BCUT2D eigenvalue weighted by Crippen LogP contribution is -2.27. The van der Waals surface area contributed by atoms with Gasteiger partial charge in [0.05, 0.1) is 11.1 Å². The van der Waals surface area contributed by atoms with Crippen molar-refractivity contribution in [3.63, 3.8) is 0 Å². The predicted octanol–water partition coefficient (Wildman–Crippen LogP) is 4.37. The van der Waals surface area contributed by atoms with E-state index >= 15 is 0 Å². The molecule has 0 spiro atoms. The molecule has 0 bridgehead atoms. The number of rotatable bonds is 3. The molecule has 1 saturated carbocycles. The number of halogens is 2. The number of carbonyl (C=O) groups excluding carboxylic acids is 1. The number of hydrogen-bond donors (Lipinski definition) is 2. The fraction of sp³-hybridized carbons (Fsp3) is 0.188. The Morgan fingerprint density at radius 2 is 1.67 bits per heavy atom. The Labute approximate surface area is 132 Å². The Bertz CT molecular complexity index is 694. The average Bonchev–Trinajstić information content (AvgIpc) is 3.25. The first-order valence-electron chi connectivity index (χ1n) is 6.57. The molecule has 21 heavy (non-hydrogen) atoms. The van der Waals surface area contributed by atoms with E-state index in [1.54, 1.807) is 18.2 Å². The minimum absolute atomic E-state index is 0.000318. The van der Waals surface area contributed by atoms with Crippen LogP contribution in [-0.2, 0) is 10.2 Å². The molecule has 0 aromatic heterocycles. The van der Waals surface area contributed by atoms with Crippen LogP contribution in [-0.4, -0.2) is 11.0 Å². The van der Waals surface area contributed by atoms with Gasteiger partial charge in [-0.3, -0.25) is 4.79 Å². The number of hydrogen-bond acceptors (Lipinski definition) is 2. The summed E-state index contributed by atoms with van der Waals surface area (Å²) in [6, 6.07) is 11.9. The van der Waals surface area contributed by atoms with E-state index in [1.807, 2.05) is 12.1 Å². The minimum Gasteiger partial charge on any atom is -0.506 e. The molecular formula is C16H13Cl2NO2. The molecule has 0 saturated heterocycles. The molecule has 0 radical (unpaired) electrons. The van der Waals surface area contributed by atoms with E-state index in [0.717, 1.165) is 18.4 Å². The summed E-state index contributed by atoms with van der Waals surface area (Å²) in [6.45, 7) is 0. The Kier molecular flexibility index (Phi) is 3.56. The van der Waals surface area contributed by atoms with Crippen LogP contribution in [0.5, 0.6) is 5.75 Å². The second-order valence-electron chi connectivity index (χ2n) is 5.20. The summed E-state index contributed by atoms with van der Waals surface area (Å²) in [5.41, 5.74) is 0.734. The standard InChI is InChI=1S/C16H13Cl2NO2/c17-11-3-1-10(2-4-11)16(7-8-16)15(21)19-13-9-12(18)5-6-14(13)20/h1-6,9,20H,7-8H2,(H,19,21). The van der Waals surface area contributed by atoms with Gasteiger partial charge in [-0.25, -0.2) is 0 Å². The lowest BCUT2D eigenvalue weighted by molar-refractivity contribution is -0.118. The van der Waals surface area contributed by atoms with Gasteiger partial charge in [-0.1, -0.05) is 35.3 Å². The van der Waals surface area contributed by atoms with Crippen LogP contribution in [0.15, 0.2) is 42.5 Å². The van der Waals surface area contributed by atoms with Crippen molar-refractivity contribution in [3.8, 4) is 5.75 Å². The zero-order valence-electron chi connectivity index (χ0n) is 11.1. The van der Waals surface area contributed by atoms with Gasteiger partial charge in [-0.2, -0.15) is 0 Å². The molecule has 2 aromatic carbocycles. The molecular weight excluding hydrogens is 309 g/mol. The molecule has 2 N–H and O–H groups in total. The maximum atomic E-state index is 12.5. The van der Waals surface area contributed by atoms with E-state index in [4.69, 9.17) is 23.2 Å². The molecule has 0 atom stereocenters. The zero-order valence-corrected chi connectivity index (χ0v) is 12.6. The van der Waals surface area contributed by atoms with Gasteiger partial charge in [0.1, 0.15) is 5.75 Å². The maximum absolute atomic E-state index is 12.5. The van der Waals surface area contributed by atoms with Crippen LogP contribution in [0.25, 0.3) is 0 Å². The quantitative estimate of drug-likeness (QED) is 0.825. The van der Waals surface area contributed by atoms with Crippen molar-refractivity contribution < 1.29 is 9.90 Å². The fourth-order valence-electron chi connectivity index (χ4n) is 2.39. The third-order valence-corrected chi connectivity index (χ3v) is 4.28. The van der Waals surface area contributed by atoms with Gasteiger partial charge >= 0.3 is 0 Å². The molecule has 1 amide bonds. The van der Waals surface area contributed by atoms with Crippen LogP contribution >= 0.6 is 23.2 Å². The Morgan fingerprint density at radius 1 is 1.05 bits per heavy atom. The lowest BCUT2D eigenvalue weighted by atomic mass is 9.95. The van der Waals surface area contributed by atoms with Crippen molar-refractivity contribution >= 4 is 34.8 Å². The van der Waals surface area contributed by atoms with E-state index in [1.165, 1.54) is 12.1 Å². The molecule has 1 aliphatic carbocycles. The van der Waals surface area contributed by atoms with Crippen LogP contribution in [0.2, 0.25) is 10.0 Å². The van der Waals surface area contributed by atoms with Gasteiger partial charge in [0, 0.05) is 10.0 Å². The summed E-state index contributed by atoms with van der Waals surface area (Å²) in [5.74, 6) is -0.137. The molecule has 1 fully saturated rings. The summed E-state index contributed by atoms with van der Waals surface area (Å²) in [6.07, 6.45) is 1.56. The maximum Gasteiger partial charge on any atom is 0.235 e. The van der Waals surface area contributed by atoms with E-state index in [0.29, 0.717) is 15.7 Å². The fourth-order valence-corrected chi connectivity index (χ4v) is 2.69. The first kappa shape index (κ1) is 14.2. The highest BCUT2D eigenvalue weighted by Gasteiger charge is 2.51. The third-order valence-electron chi connectivity index (χ3n) is 3.79. The van der Waals surface area contributed by atoms with Crippen LogP contribution < -0.4 is 5.32 Å². The van der Waals surface area contributed by atoms with Crippen molar-refractivity contribution in [2.45, 2.75) is 18.3 Å². The van der Waals surface area contributed by atoms with Crippen molar-refractivity contribution in [2.24, 2.45) is 0 Å². The molecule has 2 aromatic rings. The molecule has 0 unspecified atom stereocenters. The van der Waals surface area contributed by atoms with E-state index in [2.05, 4.69) is 5.32 Å². The largest absolute Gasteiger partial charge is 0.506 e. The molecule has 5 heteroatoms. The lowest BCUT2D eigenvalue weighted by Gasteiger charge is -2.16. The van der Waals surface area contributed by atoms with Crippen molar-refractivity contribution in [3.05, 3.63) is 58.1 Å². The topological polar surface area (TPSA) is 49.3 Å². The second kappa shape index (κ2) is 5.24. The van der Waals surface area contributed by atoms with Gasteiger partial charge < -0.3 is 10.4 Å². The number of nitrogens with one attached hydrogen (secondary N) is 1. The van der Waals surface area contributed by atoms with Crippen LogP contribution in [0.3, 0.4) is 0 Å². The van der Waals surface area contributed by atoms with Gasteiger partial charge in [0.15, 0.2) is 0 Å². The highest BCUT2D eigenvalue weighted by molar-refractivity contribution is 6.31. The molecule has 3 rings (SSSR count). The zero-order chi connectivity index (χ0) is 15.0. The average molecular weight is 322 g/mol. The minimum atomic E-state index is -0.528. The number of amides is 1. The predicted molar refractivity (Wildman–Crippen MR) is 84.1 cm³/mol. The molecule has 1 aliphatic rings. The summed E-state index contributed by atoms with van der Waals surface area (Å²) < 4.78 is 0. The highest BCUT2D eigenvalue weighted by Crippen LogP contribution is 2.49. The molecule has 0 aliphatic heterocycles.